The molecule has 1 rings (SSSR count). The van der Waals surface area contributed by atoms with Crippen LogP contribution in [0.25, 0.3) is 5.57 Å². The van der Waals surface area contributed by atoms with E-state index in [1.807, 2.05) is 6.92 Å². The molecule has 0 aromatic heterocycles. The van der Waals surface area contributed by atoms with Crippen molar-refractivity contribution in [2.45, 2.75) is 80.1 Å². The Morgan fingerprint density at radius 3 is 1.96 bits per heavy atom. The summed E-state index contributed by atoms with van der Waals surface area (Å²) in [5.41, 5.74) is 9.46. The topological polar surface area (TPSA) is 0 Å². The number of hydrogen-bond donors (Lipinski definition) is 0. The Balaban J connectivity index is 3.44. The van der Waals surface area contributed by atoms with Crippen LogP contribution < -0.4 is 0 Å². The van der Waals surface area contributed by atoms with E-state index in [1.165, 1.54) is 33.4 Å². The summed E-state index contributed by atoms with van der Waals surface area (Å²) in [6.45, 7) is 26.3. The molecule has 0 bridgehead atoms. The minimum absolute atomic E-state index is 0.136. The molecule has 1 aromatic carbocycles. The van der Waals surface area contributed by atoms with E-state index < -0.39 is 0 Å². The van der Waals surface area contributed by atoms with Gasteiger partial charge >= 0.3 is 0 Å². The van der Waals surface area contributed by atoms with E-state index >= 15 is 0 Å². The molecule has 1 aromatic rings. The van der Waals surface area contributed by atoms with Crippen molar-refractivity contribution in [2.75, 3.05) is 0 Å². The van der Waals surface area contributed by atoms with Gasteiger partial charge in [0, 0.05) is 0 Å². The van der Waals surface area contributed by atoms with Crippen LogP contribution in [-0.4, -0.2) is 0 Å². The molecule has 142 valence electrons. The van der Waals surface area contributed by atoms with Gasteiger partial charge in [0.1, 0.15) is 0 Å². The summed E-state index contributed by atoms with van der Waals surface area (Å²) in [6, 6.07) is 4.78. The molecular weight excluding hydrogens is 312 g/mol. The fourth-order valence-corrected chi connectivity index (χ4v) is 3.21. The summed E-state index contributed by atoms with van der Waals surface area (Å²) < 4.78 is 0. The molecule has 26 heavy (non-hydrogen) atoms. The molecule has 0 N–H and O–H groups in total. The third kappa shape index (κ3) is 6.16. The van der Waals surface area contributed by atoms with Crippen LogP contribution in [0.4, 0.5) is 0 Å². The second-order valence-corrected chi connectivity index (χ2v) is 9.64. The molecule has 0 nitrogen and oxygen atoms in total. The molecule has 0 heteroatoms. The third-order valence-electron chi connectivity index (χ3n) is 4.69. The van der Waals surface area contributed by atoms with Crippen LogP contribution in [0.3, 0.4) is 0 Å². The van der Waals surface area contributed by atoms with Crippen LogP contribution >= 0.6 is 0 Å². The zero-order chi connectivity index (χ0) is 20.3. The summed E-state index contributed by atoms with van der Waals surface area (Å²) >= 11 is 0. The van der Waals surface area contributed by atoms with Gasteiger partial charge in [0.05, 0.1) is 0 Å². The smallest absolute Gasteiger partial charge is 0.0129 e. The zero-order valence-electron chi connectivity index (χ0n) is 18.7. The Labute approximate surface area is 162 Å². The molecule has 0 unspecified atom stereocenters. The van der Waals surface area contributed by atoms with E-state index in [9.17, 15) is 0 Å². The van der Waals surface area contributed by atoms with Crippen molar-refractivity contribution in [3.05, 3.63) is 76.4 Å². The molecule has 0 aliphatic rings. The van der Waals surface area contributed by atoms with Gasteiger partial charge in [0.2, 0.25) is 0 Å². The maximum Gasteiger partial charge on any atom is -0.0129 e. The second kappa shape index (κ2) is 8.25. The van der Waals surface area contributed by atoms with Crippen molar-refractivity contribution in [1.29, 1.82) is 0 Å². The number of benzene rings is 1. The second-order valence-electron chi connectivity index (χ2n) is 9.64. The van der Waals surface area contributed by atoms with E-state index in [2.05, 4.69) is 105 Å². The molecule has 0 fully saturated rings. The molecule has 0 spiro atoms. The lowest BCUT2D eigenvalue weighted by Crippen LogP contribution is -2.18. The molecular formula is C26H38. The first-order valence-corrected chi connectivity index (χ1v) is 9.58. The Morgan fingerprint density at radius 1 is 0.923 bits per heavy atom. The highest BCUT2D eigenvalue weighted by atomic mass is 14.3. The fourth-order valence-electron chi connectivity index (χ4n) is 3.21. The van der Waals surface area contributed by atoms with Crippen LogP contribution in [0.1, 0.15) is 84.6 Å². The van der Waals surface area contributed by atoms with Gasteiger partial charge in [0.15, 0.2) is 0 Å². The molecule has 0 aliphatic heterocycles. The molecule has 0 saturated heterocycles. The Bertz CT molecular complexity index is 750. The average molecular weight is 351 g/mol. The number of allylic oxidation sites excluding steroid dienone is 7. The summed E-state index contributed by atoms with van der Waals surface area (Å²) in [5.74, 6) is 0. The lowest BCUT2D eigenvalue weighted by molar-refractivity contribution is 0.565. The first kappa shape index (κ1) is 22.2. The maximum atomic E-state index is 3.94. The normalized spacial score (nSPS) is 14.2. The summed E-state index contributed by atoms with van der Waals surface area (Å²) in [6.07, 6.45) is 8.61. The van der Waals surface area contributed by atoms with E-state index in [1.54, 1.807) is 0 Å². The first-order valence-electron chi connectivity index (χ1n) is 9.58. The summed E-state index contributed by atoms with van der Waals surface area (Å²) in [4.78, 5) is 0. The minimum Gasteiger partial charge on any atom is -0.0961 e. The summed E-state index contributed by atoms with van der Waals surface area (Å²) in [7, 11) is 0. The predicted molar refractivity (Wildman–Crippen MR) is 120 cm³/mol. The fraction of sp³-hybridized carbons (Fsp3) is 0.462. The van der Waals surface area contributed by atoms with Gasteiger partial charge in [0.25, 0.3) is 0 Å². The Kier molecular flexibility index (Phi) is 7.05. The van der Waals surface area contributed by atoms with E-state index in [4.69, 9.17) is 0 Å². The van der Waals surface area contributed by atoms with Gasteiger partial charge in [-0.1, -0.05) is 95.7 Å². The minimum atomic E-state index is 0.136. The standard InChI is InChI=1S/C26H38/c1-18(2)15-19(3)13-12-14-20(4)23-16-22(25(6,7)8)17-24(21(23)5)26(9,10)11/h12-17H,1H2,2-11H3/b13-12+,19-15+,20-14-. The predicted octanol–water partition coefficient (Wildman–Crippen LogP) is 8.07. The highest BCUT2D eigenvalue weighted by Crippen LogP contribution is 2.35. The maximum absolute atomic E-state index is 3.94. The molecule has 0 heterocycles. The average Bonchev–Trinajstić information content (AvgIpc) is 2.43. The Hall–Kier alpha value is -1.82. The van der Waals surface area contributed by atoms with Gasteiger partial charge in [-0.2, -0.15) is 0 Å². The van der Waals surface area contributed by atoms with Crippen molar-refractivity contribution < 1.29 is 0 Å². The van der Waals surface area contributed by atoms with E-state index in [0.717, 1.165) is 5.57 Å². The van der Waals surface area contributed by atoms with Crippen LogP contribution in [0.5, 0.6) is 0 Å². The summed E-state index contributed by atoms with van der Waals surface area (Å²) in [5, 5.41) is 0. The lowest BCUT2D eigenvalue weighted by Gasteiger charge is -2.29. The lowest BCUT2D eigenvalue weighted by atomic mass is 9.76. The number of hydrogen-bond acceptors (Lipinski definition) is 0. The van der Waals surface area contributed by atoms with E-state index in [-0.39, 0.29) is 10.8 Å². The van der Waals surface area contributed by atoms with Crippen LogP contribution in [0.15, 0.2) is 54.2 Å². The van der Waals surface area contributed by atoms with Crippen molar-refractivity contribution in [3.63, 3.8) is 0 Å². The van der Waals surface area contributed by atoms with Gasteiger partial charge < -0.3 is 0 Å². The van der Waals surface area contributed by atoms with Crippen molar-refractivity contribution in [1.82, 2.24) is 0 Å². The highest BCUT2D eigenvalue weighted by molar-refractivity contribution is 5.70. The van der Waals surface area contributed by atoms with Crippen molar-refractivity contribution in [3.8, 4) is 0 Å². The largest absolute Gasteiger partial charge is 0.0961 e. The Morgan fingerprint density at radius 2 is 1.50 bits per heavy atom. The van der Waals surface area contributed by atoms with Crippen molar-refractivity contribution >= 4 is 5.57 Å². The van der Waals surface area contributed by atoms with Gasteiger partial charge in [-0.3, -0.25) is 0 Å². The van der Waals surface area contributed by atoms with E-state index in [0.29, 0.717) is 0 Å². The quantitative estimate of drug-likeness (QED) is 0.481. The SMILES string of the molecule is C=C(C)/C=C(C)/C=C/C=C(/C)c1cc(C(C)(C)C)cc(C(C)(C)C)c1C. The number of rotatable bonds is 4. The van der Waals surface area contributed by atoms with Crippen LogP contribution in [0.2, 0.25) is 0 Å². The monoisotopic (exact) mass is 350 g/mol. The molecule has 0 aliphatic carbocycles. The van der Waals surface area contributed by atoms with Crippen LogP contribution in [0, 0.1) is 6.92 Å². The first-order chi connectivity index (χ1) is 11.7. The van der Waals surface area contributed by atoms with Gasteiger partial charge in [-0.05, 0) is 66.4 Å². The molecule has 0 radical (unpaired) electrons. The van der Waals surface area contributed by atoms with Crippen LogP contribution in [-0.2, 0) is 10.8 Å². The molecule has 0 saturated carbocycles. The molecule has 0 amide bonds. The molecule has 0 atom stereocenters. The van der Waals surface area contributed by atoms with Gasteiger partial charge in [-0.15, -0.1) is 0 Å². The zero-order valence-corrected chi connectivity index (χ0v) is 18.7. The third-order valence-corrected chi connectivity index (χ3v) is 4.69. The van der Waals surface area contributed by atoms with Gasteiger partial charge in [-0.25, -0.2) is 0 Å². The highest BCUT2D eigenvalue weighted by Gasteiger charge is 2.23. The van der Waals surface area contributed by atoms with Crippen molar-refractivity contribution in [2.24, 2.45) is 0 Å².